The molecule has 0 unspecified atom stereocenters. The van der Waals surface area contributed by atoms with Crippen molar-refractivity contribution in [2.24, 2.45) is 0 Å². The van der Waals surface area contributed by atoms with Crippen LogP contribution in [0.4, 0.5) is 11.4 Å². The molecule has 1 amide bonds. The molecule has 7 heteroatoms. The fourth-order valence-corrected chi connectivity index (χ4v) is 3.32. The summed E-state index contributed by atoms with van der Waals surface area (Å²) in [6, 6.07) is 15.2. The highest BCUT2D eigenvalue weighted by Gasteiger charge is 2.21. The Hall–Kier alpha value is -2.80. The molecule has 1 aliphatic rings. The van der Waals surface area contributed by atoms with E-state index in [0.717, 1.165) is 35.8 Å². The number of nitrogens with one attached hydrogen (secondary N) is 2. The molecule has 2 aromatic carbocycles. The molecule has 6 nitrogen and oxygen atoms in total. The van der Waals surface area contributed by atoms with Crippen LogP contribution in [-0.4, -0.2) is 37.3 Å². The Labute approximate surface area is 170 Å². The van der Waals surface area contributed by atoms with Gasteiger partial charge in [-0.25, -0.2) is 0 Å². The molecule has 2 N–H and O–H groups in total. The molecule has 1 heterocycles. The van der Waals surface area contributed by atoms with Gasteiger partial charge >= 0.3 is 0 Å². The maximum atomic E-state index is 11.9. The minimum Gasteiger partial charge on any atom is -0.497 e. The van der Waals surface area contributed by atoms with Crippen LogP contribution in [0.2, 0.25) is 0 Å². The second-order valence-corrected chi connectivity index (χ2v) is 7.09. The number of carbonyl (C=O) groups is 1. The van der Waals surface area contributed by atoms with E-state index in [1.165, 1.54) is 0 Å². The molecule has 3 rings (SSSR count). The molecule has 1 saturated heterocycles. The van der Waals surface area contributed by atoms with Crippen LogP contribution in [-0.2, 0) is 4.79 Å². The van der Waals surface area contributed by atoms with Crippen LogP contribution in [0.3, 0.4) is 0 Å². The monoisotopic (exact) mass is 399 g/mol. The summed E-state index contributed by atoms with van der Waals surface area (Å²) in [6.45, 7) is 3.23. The Morgan fingerprint density at radius 2 is 1.96 bits per heavy atom. The first-order valence-electron chi connectivity index (χ1n) is 9.30. The molecule has 1 fully saturated rings. The van der Waals surface area contributed by atoms with Gasteiger partial charge in [0, 0.05) is 24.3 Å². The van der Waals surface area contributed by atoms with Crippen molar-refractivity contribution in [2.75, 3.05) is 30.5 Å². The zero-order chi connectivity index (χ0) is 19.9. The van der Waals surface area contributed by atoms with Crippen LogP contribution in [0.5, 0.6) is 11.5 Å². The lowest BCUT2D eigenvalue weighted by atomic mass is 10.2. The second-order valence-electron chi connectivity index (χ2n) is 6.69. The minimum atomic E-state index is 0.0189. The Kier molecular flexibility index (Phi) is 6.71. The van der Waals surface area contributed by atoms with Gasteiger partial charge in [-0.15, -0.1) is 0 Å². The molecular weight excluding hydrogens is 374 g/mol. The van der Waals surface area contributed by atoms with Crippen LogP contribution >= 0.6 is 12.2 Å². The standard InChI is InChI=1S/C21H25N3O3S/c1-15(14-27-19-10-8-18(26-2)9-11-19)22-21(28)23-16-5-3-6-17(13-16)24-12-4-7-20(24)25/h3,5-6,8-11,13,15H,4,7,12,14H2,1-2H3,(H2,22,23,28)/t15-/m0/s1. The summed E-state index contributed by atoms with van der Waals surface area (Å²) in [4.78, 5) is 13.7. The summed E-state index contributed by atoms with van der Waals surface area (Å²) in [5.74, 6) is 1.74. The number of ether oxygens (including phenoxy) is 2. The van der Waals surface area contributed by atoms with Crippen molar-refractivity contribution in [3.63, 3.8) is 0 Å². The largest absolute Gasteiger partial charge is 0.497 e. The van der Waals surface area contributed by atoms with E-state index in [0.29, 0.717) is 18.1 Å². The van der Waals surface area contributed by atoms with Crippen LogP contribution in [0.15, 0.2) is 48.5 Å². The van der Waals surface area contributed by atoms with Crippen molar-refractivity contribution in [2.45, 2.75) is 25.8 Å². The first-order chi connectivity index (χ1) is 13.5. The number of hydrogen-bond acceptors (Lipinski definition) is 4. The van der Waals surface area contributed by atoms with E-state index in [-0.39, 0.29) is 11.9 Å². The predicted molar refractivity (Wildman–Crippen MR) is 115 cm³/mol. The molecule has 148 valence electrons. The highest BCUT2D eigenvalue weighted by Crippen LogP contribution is 2.24. The molecular formula is C21H25N3O3S. The number of anilines is 2. The first kappa shape index (κ1) is 19.9. The van der Waals surface area contributed by atoms with Crippen molar-refractivity contribution < 1.29 is 14.3 Å². The SMILES string of the molecule is COc1ccc(OC[C@H](C)NC(=S)Nc2cccc(N3CCCC3=O)c2)cc1. The molecule has 0 spiro atoms. The van der Waals surface area contributed by atoms with Gasteiger partial charge in [0.25, 0.3) is 0 Å². The zero-order valence-corrected chi connectivity index (χ0v) is 16.9. The van der Waals surface area contributed by atoms with Gasteiger partial charge in [-0.2, -0.15) is 0 Å². The Morgan fingerprint density at radius 1 is 1.21 bits per heavy atom. The number of carbonyl (C=O) groups excluding carboxylic acids is 1. The Balaban J connectivity index is 1.48. The van der Waals surface area contributed by atoms with Gasteiger partial charge in [0.2, 0.25) is 5.91 Å². The summed E-state index contributed by atoms with van der Waals surface area (Å²) in [5, 5.41) is 6.89. The molecule has 0 radical (unpaired) electrons. The first-order valence-corrected chi connectivity index (χ1v) is 9.71. The van der Waals surface area contributed by atoms with Crippen molar-refractivity contribution >= 4 is 34.6 Å². The Bertz CT molecular complexity index is 826. The highest BCUT2D eigenvalue weighted by molar-refractivity contribution is 7.80. The second kappa shape index (κ2) is 9.41. The average molecular weight is 400 g/mol. The van der Waals surface area contributed by atoms with Gasteiger partial charge in [0.05, 0.1) is 13.2 Å². The minimum absolute atomic E-state index is 0.0189. The summed E-state index contributed by atoms with van der Waals surface area (Å²) < 4.78 is 10.9. The number of thiocarbonyl (C=S) groups is 1. The van der Waals surface area contributed by atoms with Gasteiger partial charge < -0.3 is 25.0 Å². The van der Waals surface area contributed by atoms with Crippen molar-refractivity contribution in [3.8, 4) is 11.5 Å². The smallest absolute Gasteiger partial charge is 0.227 e. The van der Waals surface area contributed by atoms with Crippen molar-refractivity contribution in [1.82, 2.24) is 5.32 Å². The summed E-state index contributed by atoms with van der Waals surface area (Å²) in [7, 11) is 1.63. The number of nitrogens with zero attached hydrogens (tertiary/aromatic N) is 1. The average Bonchev–Trinajstić information content (AvgIpc) is 3.13. The molecule has 0 saturated carbocycles. The molecule has 1 aliphatic heterocycles. The number of hydrogen-bond donors (Lipinski definition) is 2. The van der Waals surface area contributed by atoms with E-state index in [9.17, 15) is 4.79 Å². The highest BCUT2D eigenvalue weighted by atomic mass is 32.1. The molecule has 0 aromatic heterocycles. The summed E-state index contributed by atoms with van der Waals surface area (Å²) in [5.41, 5.74) is 1.74. The third-order valence-corrected chi connectivity index (χ3v) is 4.65. The zero-order valence-electron chi connectivity index (χ0n) is 16.1. The lowest BCUT2D eigenvalue weighted by Crippen LogP contribution is -2.39. The maximum absolute atomic E-state index is 11.9. The van der Waals surface area contributed by atoms with E-state index in [4.69, 9.17) is 21.7 Å². The van der Waals surface area contributed by atoms with Gasteiger partial charge in [-0.05, 0) is 68.0 Å². The quantitative estimate of drug-likeness (QED) is 0.694. The van der Waals surface area contributed by atoms with Gasteiger partial charge in [-0.1, -0.05) is 6.07 Å². The third-order valence-electron chi connectivity index (χ3n) is 4.43. The van der Waals surface area contributed by atoms with E-state index < -0.39 is 0 Å². The van der Waals surface area contributed by atoms with Crippen LogP contribution < -0.4 is 25.0 Å². The van der Waals surface area contributed by atoms with E-state index in [1.54, 1.807) is 7.11 Å². The van der Waals surface area contributed by atoms with Crippen LogP contribution in [0, 0.1) is 0 Å². The lowest BCUT2D eigenvalue weighted by molar-refractivity contribution is -0.117. The maximum Gasteiger partial charge on any atom is 0.227 e. The van der Waals surface area contributed by atoms with Gasteiger partial charge in [-0.3, -0.25) is 4.79 Å². The number of methoxy groups -OCH3 is 1. The fourth-order valence-electron chi connectivity index (χ4n) is 3.00. The lowest BCUT2D eigenvalue weighted by Gasteiger charge is -2.19. The Morgan fingerprint density at radius 3 is 2.64 bits per heavy atom. The third kappa shape index (κ3) is 5.36. The normalized spacial score (nSPS) is 14.5. The molecule has 28 heavy (non-hydrogen) atoms. The van der Waals surface area contributed by atoms with Gasteiger partial charge in [0.15, 0.2) is 5.11 Å². The number of rotatable bonds is 7. The number of benzene rings is 2. The van der Waals surface area contributed by atoms with Crippen molar-refractivity contribution in [3.05, 3.63) is 48.5 Å². The molecule has 2 aromatic rings. The van der Waals surface area contributed by atoms with Crippen LogP contribution in [0.25, 0.3) is 0 Å². The van der Waals surface area contributed by atoms with E-state index >= 15 is 0 Å². The molecule has 0 bridgehead atoms. The summed E-state index contributed by atoms with van der Waals surface area (Å²) in [6.07, 6.45) is 1.52. The predicted octanol–water partition coefficient (Wildman–Crippen LogP) is 3.58. The fraction of sp³-hybridized carbons (Fsp3) is 0.333. The van der Waals surface area contributed by atoms with E-state index in [1.807, 2.05) is 60.4 Å². The van der Waals surface area contributed by atoms with Crippen LogP contribution in [0.1, 0.15) is 19.8 Å². The molecule has 1 atom stereocenters. The number of amides is 1. The van der Waals surface area contributed by atoms with Crippen molar-refractivity contribution in [1.29, 1.82) is 0 Å². The topological polar surface area (TPSA) is 62.8 Å². The van der Waals surface area contributed by atoms with E-state index in [2.05, 4.69) is 10.6 Å². The molecule has 0 aliphatic carbocycles. The summed E-state index contributed by atoms with van der Waals surface area (Å²) >= 11 is 5.40. The van der Waals surface area contributed by atoms with Gasteiger partial charge in [0.1, 0.15) is 18.1 Å².